The molecule has 34 heavy (non-hydrogen) atoms. The molecule has 190 valence electrons. The van der Waals surface area contributed by atoms with Gasteiger partial charge in [-0.15, -0.1) is 0 Å². The molecular weight excluding hydrogens is 506 g/mol. The summed E-state index contributed by atoms with van der Waals surface area (Å²) in [5, 5.41) is 14.1. The first-order valence-corrected chi connectivity index (χ1v) is 12.2. The molecule has 0 spiro atoms. The Balaban J connectivity index is 3.37. The van der Waals surface area contributed by atoms with Crippen molar-refractivity contribution in [2.24, 2.45) is 5.92 Å². The highest BCUT2D eigenvalue weighted by atomic mass is 79.9. The third-order valence-corrected chi connectivity index (χ3v) is 5.65. The number of amides is 3. The second-order valence-corrected chi connectivity index (χ2v) is 9.92. The Kier molecular flexibility index (Phi) is 11.5. The SMILES string of the molecule is CCC(CC)C(C(=O)NCCC(=O)O)N(C(=O)[C@H](C)NC(=O)OC(C)(C)C)c1ccc(Br)cc1. The zero-order chi connectivity index (χ0) is 26.1. The lowest BCUT2D eigenvalue weighted by Crippen LogP contribution is -2.58. The van der Waals surface area contributed by atoms with E-state index in [1.165, 1.54) is 11.8 Å². The molecule has 0 aliphatic rings. The maximum Gasteiger partial charge on any atom is 0.408 e. The summed E-state index contributed by atoms with van der Waals surface area (Å²) in [7, 11) is 0. The smallest absolute Gasteiger partial charge is 0.408 e. The molecule has 1 rings (SSSR count). The van der Waals surface area contributed by atoms with Crippen LogP contribution in [-0.4, -0.2) is 53.2 Å². The first-order chi connectivity index (χ1) is 15.8. The van der Waals surface area contributed by atoms with Gasteiger partial charge in [0.25, 0.3) is 0 Å². The minimum Gasteiger partial charge on any atom is -0.481 e. The van der Waals surface area contributed by atoms with Crippen molar-refractivity contribution in [2.75, 3.05) is 11.4 Å². The molecule has 3 amide bonds. The number of halogens is 1. The number of aliphatic carboxylic acids is 1. The average molecular weight is 542 g/mol. The third kappa shape index (κ3) is 9.32. The molecule has 0 radical (unpaired) electrons. The molecular formula is C24H36BrN3O6. The van der Waals surface area contributed by atoms with Crippen LogP contribution in [0, 0.1) is 5.92 Å². The molecule has 0 heterocycles. The second kappa shape index (κ2) is 13.3. The Morgan fingerprint density at radius 3 is 2.12 bits per heavy atom. The van der Waals surface area contributed by atoms with Gasteiger partial charge in [-0.05, 0) is 57.9 Å². The predicted molar refractivity (Wildman–Crippen MR) is 134 cm³/mol. The van der Waals surface area contributed by atoms with Crippen molar-refractivity contribution in [3.05, 3.63) is 28.7 Å². The molecule has 0 saturated carbocycles. The van der Waals surface area contributed by atoms with E-state index in [0.717, 1.165) is 4.47 Å². The van der Waals surface area contributed by atoms with Gasteiger partial charge >= 0.3 is 12.1 Å². The van der Waals surface area contributed by atoms with Crippen molar-refractivity contribution in [2.45, 2.75) is 78.5 Å². The first-order valence-electron chi connectivity index (χ1n) is 11.4. The summed E-state index contributed by atoms with van der Waals surface area (Å²) in [5.41, 5.74) is -0.253. The van der Waals surface area contributed by atoms with Gasteiger partial charge in [0, 0.05) is 16.7 Å². The van der Waals surface area contributed by atoms with Crippen molar-refractivity contribution in [1.82, 2.24) is 10.6 Å². The Morgan fingerprint density at radius 2 is 1.65 bits per heavy atom. The summed E-state index contributed by atoms with van der Waals surface area (Å²) in [6.45, 7) is 10.5. The Bertz CT molecular complexity index is 849. The number of ether oxygens (including phenoxy) is 1. The van der Waals surface area contributed by atoms with Crippen LogP contribution in [-0.2, 0) is 19.1 Å². The van der Waals surface area contributed by atoms with E-state index in [2.05, 4.69) is 26.6 Å². The quantitative estimate of drug-likeness (QED) is 0.387. The van der Waals surface area contributed by atoms with Crippen LogP contribution < -0.4 is 15.5 Å². The van der Waals surface area contributed by atoms with Crippen molar-refractivity contribution >= 4 is 45.5 Å². The van der Waals surface area contributed by atoms with Crippen molar-refractivity contribution < 1.29 is 29.0 Å². The van der Waals surface area contributed by atoms with Gasteiger partial charge in [0.05, 0.1) is 6.42 Å². The summed E-state index contributed by atoms with van der Waals surface area (Å²) in [6.07, 6.45) is 0.252. The molecule has 0 aliphatic heterocycles. The molecule has 0 aliphatic carbocycles. The maximum atomic E-state index is 13.7. The van der Waals surface area contributed by atoms with Crippen LogP contribution in [0.4, 0.5) is 10.5 Å². The number of rotatable bonds is 11. The lowest BCUT2D eigenvalue weighted by Gasteiger charge is -2.37. The number of nitrogens with one attached hydrogen (secondary N) is 2. The average Bonchev–Trinajstić information content (AvgIpc) is 2.72. The van der Waals surface area contributed by atoms with Crippen LogP contribution in [0.5, 0.6) is 0 Å². The number of carbonyl (C=O) groups is 4. The van der Waals surface area contributed by atoms with Crippen molar-refractivity contribution in [3.63, 3.8) is 0 Å². The molecule has 1 aromatic carbocycles. The van der Waals surface area contributed by atoms with Crippen molar-refractivity contribution in [3.8, 4) is 0 Å². The lowest BCUT2D eigenvalue weighted by molar-refractivity contribution is -0.137. The summed E-state index contributed by atoms with van der Waals surface area (Å²) in [4.78, 5) is 51.5. The number of alkyl carbamates (subject to hydrolysis) is 1. The maximum absolute atomic E-state index is 13.7. The molecule has 1 aromatic rings. The fraction of sp³-hybridized carbons (Fsp3) is 0.583. The van der Waals surface area contributed by atoms with Crippen LogP contribution in [0.3, 0.4) is 0 Å². The third-order valence-electron chi connectivity index (χ3n) is 5.13. The number of carbonyl (C=O) groups excluding carboxylic acids is 3. The van der Waals surface area contributed by atoms with Gasteiger partial charge < -0.3 is 20.5 Å². The van der Waals surface area contributed by atoms with Crippen LogP contribution >= 0.6 is 15.9 Å². The molecule has 0 aromatic heterocycles. The Labute approximate surface area is 209 Å². The van der Waals surface area contributed by atoms with E-state index in [1.54, 1.807) is 45.0 Å². The lowest BCUT2D eigenvalue weighted by atomic mass is 9.91. The van der Waals surface area contributed by atoms with E-state index in [9.17, 15) is 19.2 Å². The van der Waals surface area contributed by atoms with Crippen LogP contribution in [0.25, 0.3) is 0 Å². The molecule has 0 fully saturated rings. The predicted octanol–water partition coefficient (Wildman–Crippen LogP) is 4.09. The number of anilines is 1. The molecule has 3 N–H and O–H groups in total. The fourth-order valence-electron chi connectivity index (χ4n) is 3.46. The molecule has 2 atom stereocenters. The standard InChI is InChI=1S/C24H36BrN3O6/c1-7-16(8-2)20(21(31)26-14-13-19(29)30)28(18-11-9-17(25)10-12-18)22(32)15(3)27-23(33)34-24(4,5)6/h9-12,15-16,20H,7-8,13-14H2,1-6H3,(H,26,31)(H,27,33)(H,29,30)/t15-,20?/m0/s1. The highest BCUT2D eigenvalue weighted by Gasteiger charge is 2.38. The number of benzene rings is 1. The van der Waals surface area contributed by atoms with Gasteiger partial charge in [-0.3, -0.25) is 19.3 Å². The van der Waals surface area contributed by atoms with Gasteiger partial charge in [0.1, 0.15) is 17.7 Å². The monoisotopic (exact) mass is 541 g/mol. The highest BCUT2D eigenvalue weighted by Crippen LogP contribution is 2.28. The minimum absolute atomic E-state index is 0.0567. The minimum atomic E-state index is -1.03. The first kappa shape index (κ1) is 29.4. The van der Waals surface area contributed by atoms with Crippen molar-refractivity contribution in [1.29, 1.82) is 0 Å². The molecule has 0 saturated heterocycles. The molecule has 9 nitrogen and oxygen atoms in total. The number of hydrogen-bond donors (Lipinski definition) is 3. The largest absolute Gasteiger partial charge is 0.481 e. The molecule has 0 bridgehead atoms. The summed E-state index contributed by atoms with van der Waals surface area (Å²) >= 11 is 3.38. The summed E-state index contributed by atoms with van der Waals surface area (Å²) < 4.78 is 6.07. The van der Waals surface area contributed by atoms with Gasteiger partial charge in [0.2, 0.25) is 11.8 Å². The van der Waals surface area contributed by atoms with Gasteiger partial charge in [-0.1, -0.05) is 42.6 Å². The van der Waals surface area contributed by atoms with E-state index in [-0.39, 0.29) is 18.9 Å². The van der Waals surface area contributed by atoms with Crippen LogP contribution in [0.2, 0.25) is 0 Å². The van der Waals surface area contributed by atoms with E-state index in [1.807, 2.05) is 13.8 Å². The second-order valence-electron chi connectivity index (χ2n) is 9.01. The Morgan fingerprint density at radius 1 is 1.09 bits per heavy atom. The zero-order valence-corrected chi connectivity index (χ0v) is 22.3. The van der Waals surface area contributed by atoms with E-state index in [0.29, 0.717) is 18.5 Å². The fourth-order valence-corrected chi connectivity index (χ4v) is 3.72. The normalized spacial score (nSPS) is 13.1. The van der Waals surface area contributed by atoms with E-state index < -0.39 is 41.6 Å². The Hall–Kier alpha value is -2.62. The van der Waals surface area contributed by atoms with Crippen LogP contribution in [0.15, 0.2) is 28.7 Å². The topological polar surface area (TPSA) is 125 Å². The number of nitrogens with zero attached hydrogens (tertiary/aromatic N) is 1. The zero-order valence-electron chi connectivity index (χ0n) is 20.7. The molecule has 10 heteroatoms. The van der Waals surface area contributed by atoms with Gasteiger partial charge in [0.15, 0.2) is 0 Å². The highest BCUT2D eigenvalue weighted by molar-refractivity contribution is 9.10. The van der Waals surface area contributed by atoms with Crippen LogP contribution in [0.1, 0.15) is 60.8 Å². The van der Waals surface area contributed by atoms with Gasteiger partial charge in [-0.2, -0.15) is 0 Å². The van der Waals surface area contributed by atoms with E-state index in [4.69, 9.17) is 9.84 Å². The molecule has 1 unspecified atom stereocenters. The summed E-state index contributed by atoms with van der Waals surface area (Å²) in [5.74, 6) is -2.17. The number of carboxylic acids is 1. The number of hydrogen-bond acceptors (Lipinski definition) is 5. The summed E-state index contributed by atoms with van der Waals surface area (Å²) in [6, 6.07) is 5.05. The van der Waals surface area contributed by atoms with Gasteiger partial charge in [-0.25, -0.2) is 4.79 Å². The van der Waals surface area contributed by atoms with E-state index >= 15 is 0 Å². The number of carboxylic acid groups (broad SMARTS) is 1.